The van der Waals surface area contributed by atoms with Crippen LogP contribution in [-0.2, 0) is 0 Å². The van der Waals surface area contributed by atoms with E-state index in [1.165, 1.54) is 0 Å². The van der Waals surface area contributed by atoms with Crippen LogP contribution >= 0.6 is 0 Å². The maximum Gasteiger partial charge on any atom is 0.164 e. The fourth-order valence-corrected chi connectivity index (χ4v) is 4.42. The first-order valence-corrected chi connectivity index (χ1v) is 11.8. The van der Waals surface area contributed by atoms with Crippen LogP contribution in [0.25, 0.3) is 67.2 Å². The molecule has 0 spiro atoms. The van der Waals surface area contributed by atoms with Gasteiger partial charge in [0.25, 0.3) is 0 Å². The maximum absolute atomic E-state index is 8.48. The van der Waals surface area contributed by atoms with Crippen LogP contribution in [0.5, 0.6) is 0 Å². The van der Waals surface area contributed by atoms with Gasteiger partial charge in [-0.05, 0) is 35.4 Å². The minimum atomic E-state index is -0.475. The van der Waals surface area contributed by atoms with Gasteiger partial charge in [-0.3, -0.25) is 0 Å². The van der Waals surface area contributed by atoms with Gasteiger partial charge in [0.2, 0.25) is 0 Å². The lowest BCUT2D eigenvalue weighted by atomic mass is 10.0. The lowest BCUT2D eigenvalue weighted by Crippen LogP contribution is -2.00. The molecule has 2 aromatic heterocycles. The molecule has 2 heterocycles. The third-order valence-corrected chi connectivity index (χ3v) is 6.23. The van der Waals surface area contributed by atoms with Gasteiger partial charge in [-0.15, -0.1) is 0 Å². The Hall–Kier alpha value is -5.09. The molecule has 0 aliphatic rings. The molecule has 5 aromatic carbocycles. The third kappa shape index (κ3) is 3.95. The van der Waals surface area contributed by atoms with Gasteiger partial charge in [-0.25, -0.2) is 15.0 Å². The van der Waals surface area contributed by atoms with E-state index >= 15 is 0 Å². The van der Waals surface area contributed by atoms with E-state index in [9.17, 15) is 0 Å². The van der Waals surface area contributed by atoms with Gasteiger partial charge in [0.05, 0.1) is 6.85 Å². The monoisotopic (exact) mass is 480 g/mol. The van der Waals surface area contributed by atoms with Crippen LogP contribution in [0.3, 0.4) is 0 Å². The molecular weight excluding hydrogens is 454 g/mol. The smallest absolute Gasteiger partial charge is 0.164 e. The highest BCUT2D eigenvalue weighted by Crippen LogP contribution is 2.35. The Balaban J connectivity index is 1.41. The first-order chi connectivity index (χ1) is 20.4. The third-order valence-electron chi connectivity index (χ3n) is 6.23. The Morgan fingerprint density at radius 3 is 1.81 bits per heavy atom. The maximum atomic E-state index is 8.48. The number of hydrogen-bond acceptors (Lipinski definition) is 4. The van der Waals surface area contributed by atoms with Gasteiger partial charge in [-0.2, -0.15) is 0 Å². The zero-order valence-corrected chi connectivity index (χ0v) is 19.5. The van der Waals surface area contributed by atoms with Crippen molar-refractivity contribution in [3.05, 3.63) is 127 Å². The Labute approximate surface area is 221 Å². The average Bonchev–Trinajstić information content (AvgIpc) is 3.41. The number of benzene rings is 5. The van der Waals surface area contributed by atoms with E-state index in [1.54, 1.807) is 0 Å². The first-order valence-electron chi connectivity index (χ1n) is 14.3. The number of hydrogen-bond donors (Lipinski definition) is 0. The molecular formula is C33H21N3O. The van der Waals surface area contributed by atoms with E-state index in [0.717, 1.165) is 27.5 Å². The van der Waals surface area contributed by atoms with Gasteiger partial charge in [0.15, 0.2) is 17.5 Å². The van der Waals surface area contributed by atoms with Gasteiger partial charge in [0, 0.05) is 27.5 Å². The molecule has 0 unspecified atom stereocenters. The molecule has 0 amide bonds. The average molecular weight is 481 g/mol. The summed E-state index contributed by atoms with van der Waals surface area (Å²) >= 11 is 0. The first kappa shape index (κ1) is 16.6. The van der Waals surface area contributed by atoms with Gasteiger partial charge >= 0.3 is 0 Å². The summed E-state index contributed by atoms with van der Waals surface area (Å²) < 4.78 is 47.4. The second-order valence-electron chi connectivity index (χ2n) is 8.56. The predicted molar refractivity (Wildman–Crippen MR) is 149 cm³/mol. The molecule has 4 nitrogen and oxygen atoms in total. The van der Waals surface area contributed by atoms with Crippen molar-refractivity contribution in [2.75, 3.05) is 0 Å². The minimum absolute atomic E-state index is 0.00643. The molecule has 0 atom stereocenters. The SMILES string of the molecule is [2H]c1c([2H])c([2H])c(-c2nc(-c3ccccc3)nc(-c3ccc4c(c3)oc3ccc(-c5ccccc5)cc34)n2)c([2H])c1[2H]. The molecule has 37 heavy (non-hydrogen) atoms. The molecule has 174 valence electrons. The van der Waals surface area contributed by atoms with Crippen molar-refractivity contribution < 1.29 is 11.3 Å². The molecule has 0 N–H and O–H groups in total. The molecule has 0 bridgehead atoms. The molecule has 7 aromatic rings. The zero-order chi connectivity index (χ0) is 29.0. The molecule has 0 fully saturated rings. The molecule has 0 radical (unpaired) electrons. The summed E-state index contributed by atoms with van der Waals surface area (Å²) in [6.45, 7) is 0. The Morgan fingerprint density at radius 1 is 0.459 bits per heavy atom. The van der Waals surface area contributed by atoms with Crippen molar-refractivity contribution in [3.63, 3.8) is 0 Å². The molecule has 7 rings (SSSR count). The van der Waals surface area contributed by atoms with Crippen LogP contribution in [0.2, 0.25) is 0 Å². The molecule has 4 heteroatoms. The number of furan rings is 1. The summed E-state index contributed by atoms with van der Waals surface area (Å²) in [7, 11) is 0. The van der Waals surface area contributed by atoms with E-state index in [0.29, 0.717) is 22.5 Å². The van der Waals surface area contributed by atoms with Crippen molar-refractivity contribution in [2.45, 2.75) is 0 Å². The quantitative estimate of drug-likeness (QED) is 0.254. The van der Waals surface area contributed by atoms with Crippen LogP contribution in [-0.4, -0.2) is 15.0 Å². The second kappa shape index (κ2) is 8.85. The highest BCUT2D eigenvalue weighted by Gasteiger charge is 2.15. The highest BCUT2D eigenvalue weighted by atomic mass is 16.3. The van der Waals surface area contributed by atoms with Crippen molar-refractivity contribution in [1.82, 2.24) is 15.0 Å². The number of nitrogens with zero attached hydrogens (tertiary/aromatic N) is 3. The van der Waals surface area contributed by atoms with Crippen LogP contribution in [0.1, 0.15) is 6.85 Å². The highest BCUT2D eigenvalue weighted by molar-refractivity contribution is 6.07. The summed E-state index contributed by atoms with van der Waals surface area (Å²) in [5.41, 5.74) is 4.86. The lowest BCUT2D eigenvalue weighted by Gasteiger charge is -2.08. The van der Waals surface area contributed by atoms with Crippen LogP contribution in [0.4, 0.5) is 0 Å². The van der Waals surface area contributed by atoms with Crippen LogP contribution in [0.15, 0.2) is 132 Å². The molecule has 0 aliphatic heterocycles. The van der Waals surface area contributed by atoms with E-state index < -0.39 is 18.1 Å². The number of rotatable bonds is 4. The normalized spacial score (nSPS) is 13.1. The lowest BCUT2D eigenvalue weighted by molar-refractivity contribution is 0.669. The Bertz CT molecular complexity index is 2120. The van der Waals surface area contributed by atoms with Crippen molar-refractivity contribution >= 4 is 21.9 Å². The van der Waals surface area contributed by atoms with E-state index in [-0.39, 0.29) is 29.3 Å². The summed E-state index contributed by atoms with van der Waals surface area (Å²) in [5, 5.41) is 1.92. The summed E-state index contributed by atoms with van der Waals surface area (Å²) in [4.78, 5) is 13.9. The van der Waals surface area contributed by atoms with E-state index in [1.807, 2.05) is 78.9 Å². The summed E-state index contributed by atoms with van der Waals surface area (Å²) in [5.74, 6) is 0.602. The van der Waals surface area contributed by atoms with Crippen LogP contribution < -0.4 is 0 Å². The largest absolute Gasteiger partial charge is 0.456 e. The Kier molecular flexibility index (Phi) is 3.96. The number of fused-ring (bicyclic) bond motifs is 3. The summed E-state index contributed by atoms with van der Waals surface area (Å²) in [6, 6.07) is 29.1. The standard InChI is InChI=1S/C33H21N3O/c1-4-10-22(11-5-1)25-17-19-29-28(20-25)27-18-16-26(21-30(27)37-29)33-35-31(23-12-6-2-7-13-23)34-32(36-33)24-14-8-3-9-15-24/h1-21H/i2D,6D,7D,12D,13D. The Morgan fingerprint density at radius 2 is 1.08 bits per heavy atom. The van der Waals surface area contributed by atoms with Crippen molar-refractivity contribution in [2.24, 2.45) is 0 Å². The van der Waals surface area contributed by atoms with Crippen molar-refractivity contribution in [1.29, 1.82) is 0 Å². The molecule has 0 saturated heterocycles. The molecule has 0 aliphatic carbocycles. The number of aromatic nitrogens is 3. The minimum Gasteiger partial charge on any atom is -0.456 e. The molecule has 0 saturated carbocycles. The van der Waals surface area contributed by atoms with Gasteiger partial charge < -0.3 is 4.42 Å². The predicted octanol–water partition coefficient (Wildman–Crippen LogP) is 8.44. The van der Waals surface area contributed by atoms with Crippen molar-refractivity contribution in [3.8, 4) is 45.3 Å². The van der Waals surface area contributed by atoms with Crippen LogP contribution in [0, 0.1) is 0 Å². The second-order valence-corrected chi connectivity index (χ2v) is 8.56. The van der Waals surface area contributed by atoms with Gasteiger partial charge in [0.1, 0.15) is 11.2 Å². The fraction of sp³-hybridized carbons (Fsp3) is 0. The zero-order valence-electron chi connectivity index (χ0n) is 24.5. The topological polar surface area (TPSA) is 51.8 Å². The van der Waals surface area contributed by atoms with E-state index in [2.05, 4.69) is 28.2 Å². The summed E-state index contributed by atoms with van der Waals surface area (Å²) in [6.07, 6.45) is 0. The van der Waals surface area contributed by atoms with Gasteiger partial charge in [-0.1, -0.05) is 103 Å². The fourth-order valence-electron chi connectivity index (χ4n) is 4.42. The van der Waals surface area contributed by atoms with E-state index in [4.69, 9.17) is 16.3 Å².